The molecule has 0 saturated carbocycles. The zero-order valence-corrected chi connectivity index (χ0v) is 11.1. The highest BCUT2D eigenvalue weighted by molar-refractivity contribution is 9.11. The van der Waals surface area contributed by atoms with Crippen LogP contribution in [0.5, 0.6) is 0 Å². The van der Waals surface area contributed by atoms with Crippen molar-refractivity contribution in [2.45, 2.75) is 6.42 Å². The van der Waals surface area contributed by atoms with Crippen LogP contribution in [-0.4, -0.2) is 19.0 Å². The molecule has 1 aliphatic heterocycles. The van der Waals surface area contributed by atoms with Crippen LogP contribution in [0.15, 0.2) is 35.3 Å². The van der Waals surface area contributed by atoms with Crippen LogP contribution in [0.2, 0.25) is 0 Å². The Morgan fingerprint density at radius 1 is 1.53 bits per heavy atom. The first kappa shape index (κ1) is 12.2. The average Bonchev–Trinajstić information content (AvgIpc) is 2.35. The summed E-state index contributed by atoms with van der Waals surface area (Å²) in [4.78, 5) is 11.9. The van der Waals surface area contributed by atoms with Crippen LogP contribution in [0.4, 0.5) is 5.69 Å². The molecule has 1 aliphatic rings. The fourth-order valence-corrected chi connectivity index (χ4v) is 2.09. The molecule has 0 saturated heterocycles. The molecule has 2 N–H and O–H groups in total. The van der Waals surface area contributed by atoms with E-state index in [0.29, 0.717) is 13.1 Å². The standard InChI is InChI=1S/C13H15BrN2O/c1-9(14)7-16-13(17)11-6-10-4-2-3-5-12(10)15-8-11/h2-5,11,15H,1,6-8H2,(H,16,17). The van der Waals surface area contributed by atoms with Gasteiger partial charge in [0.05, 0.1) is 5.92 Å². The number of hydrogen-bond donors (Lipinski definition) is 2. The second-order valence-electron chi connectivity index (χ2n) is 4.17. The van der Waals surface area contributed by atoms with Crippen molar-refractivity contribution in [2.24, 2.45) is 5.92 Å². The number of rotatable bonds is 3. The molecule has 0 radical (unpaired) electrons. The number of anilines is 1. The summed E-state index contributed by atoms with van der Waals surface area (Å²) in [7, 11) is 0. The molecule has 1 heterocycles. The van der Waals surface area contributed by atoms with E-state index in [4.69, 9.17) is 0 Å². The molecule has 1 aromatic carbocycles. The summed E-state index contributed by atoms with van der Waals surface area (Å²) in [6, 6.07) is 8.11. The van der Waals surface area contributed by atoms with Gasteiger partial charge in [0, 0.05) is 23.3 Å². The van der Waals surface area contributed by atoms with E-state index in [1.165, 1.54) is 5.56 Å². The fourth-order valence-electron chi connectivity index (χ4n) is 1.95. The molecule has 2 rings (SSSR count). The zero-order chi connectivity index (χ0) is 12.3. The van der Waals surface area contributed by atoms with Crippen molar-refractivity contribution in [1.29, 1.82) is 0 Å². The lowest BCUT2D eigenvalue weighted by molar-refractivity contribution is -0.124. The molecule has 3 nitrogen and oxygen atoms in total. The average molecular weight is 295 g/mol. The Morgan fingerprint density at radius 2 is 2.29 bits per heavy atom. The summed E-state index contributed by atoms with van der Waals surface area (Å²) < 4.78 is 0.787. The Balaban J connectivity index is 1.97. The molecular formula is C13H15BrN2O. The minimum absolute atomic E-state index is 0.00301. The third kappa shape index (κ3) is 3.09. The van der Waals surface area contributed by atoms with Gasteiger partial charge >= 0.3 is 0 Å². The molecule has 0 aliphatic carbocycles. The summed E-state index contributed by atoms with van der Waals surface area (Å²) in [6.45, 7) is 4.87. The van der Waals surface area contributed by atoms with Gasteiger partial charge in [0.2, 0.25) is 5.91 Å². The van der Waals surface area contributed by atoms with E-state index in [1.807, 2.05) is 18.2 Å². The summed E-state index contributed by atoms with van der Waals surface area (Å²) in [6.07, 6.45) is 0.795. The molecule has 1 amide bonds. The molecule has 0 spiro atoms. The van der Waals surface area contributed by atoms with Gasteiger partial charge in [-0.2, -0.15) is 0 Å². The SMILES string of the molecule is C=C(Br)CNC(=O)C1CNc2ccccc2C1. The summed E-state index contributed by atoms with van der Waals surface area (Å²) in [5.74, 6) is 0.0735. The Labute approximate surface area is 109 Å². The zero-order valence-electron chi connectivity index (χ0n) is 9.50. The summed E-state index contributed by atoms with van der Waals surface area (Å²) >= 11 is 3.23. The molecule has 90 valence electrons. The highest BCUT2D eigenvalue weighted by atomic mass is 79.9. The van der Waals surface area contributed by atoms with Crippen LogP contribution >= 0.6 is 15.9 Å². The minimum Gasteiger partial charge on any atom is -0.384 e. The van der Waals surface area contributed by atoms with Crippen LogP contribution in [0.25, 0.3) is 0 Å². The van der Waals surface area contributed by atoms with Gasteiger partial charge in [0.15, 0.2) is 0 Å². The van der Waals surface area contributed by atoms with E-state index in [1.54, 1.807) is 0 Å². The molecule has 1 aromatic rings. The highest BCUT2D eigenvalue weighted by Gasteiger charge is 2.23. The van der Waals surface area contributed by atoms with E-state index in [0.717, 1.165) is 16.6 Å². The predicted molar refractivity (Wildman–Crippen MR) is 73.2 cm³/mol. The van der Waals surface area contributed by atoms with Crippen molar-refractivity contribution in [3.63, 3.8) is 0 Å². The number of fused-ring (bicyclic) bond motifs is 1. The Hall–Kier alpha value is -1.29. The van der Waals surface area contributed by atoms with Gasteiger partial charge in [0.1, 0.15) is 0 Å². The molecule has 17 heavy (non-hydrogen) atoms. The Kier molecular flexibility index (Phi) is 3.84. The molecule has 0 aromatic heterocycles. The molecule has 4 heteroatoms. The normalized spacial score (nSPS) is 17.8. The Bertz CT molecular complexity index is 445. The number of carbonyl (C=O) groups excluding carboxylic acids is 1. The van der Waals surface area contributed by atoms with E-state index < -0.39 is 0 Å². The van der Waals surface area contributed by atoms with Gasteiger partial charge in [0.25, 0.3) is 0 Å². The number of nitrogens with one attached hydrogen (secondary N) is 2. The van der Waals surface area contributed by atoms with Crippen molar-refractivity contribution >= 4 is 27.5 Å². The largest absolute Gasteiger partial charge is 0.384 e. The number of benzene rings is 1. The third-order valence-corrected chi connectivity index (χ3v) is 3.13. The highest BCUT2D eigenvalue weighted by Crippen LogP contribution is 2.24. The number of halogens is 1. The van der Waals surface area contributed by atoms with Gasteiger partial charge in [-0.1, -0.05) is 40.7 Å². The molecule has 0 bridgehead atoms. The molecule has 0 fully saturated rings. The first-order valence-electron chi connectivity index (χ1n) is 5.59. The van der Waals surface area contributed by atoms with E-state index in [2.05, 4.69) is 39.2 Å². The first-order valence-corrected chi connectivity index (χ1v) is 6.39. The van der Waals surface area contributed by atoms with E-state index in [-0.39, 0.29) is 11.8 Å². The molecular weight excluding hydrogens is 280 g/mol. The number of para-hydroxylation sites is 1. The number of hydrogen-bond acceptors (Lipinski definition) is 2. The number of amides is 1. The van der Waals surface area contributed by atoms with Crippen LogP contribution < -0.4 is 10.6 Å². The molecule has 1 unspecified atom stereocenters. The Morgan fingerprint density at radius 3 is 3.06 bits per heavy atom. The van der Waals surface area contributed by atoms with Crippen molar-refractivity contribution in [3.8, 4) is 0 Å². The second kappa shape index (κ2) is 5.36. The van der Waals surface area contributed by atoms with Crippen LogP contribution in [0, 0.1) is 5.92 Å². The van der Waals surface area contributed by atoms with Gasteiger partial charge in [-0.15, -0.1) is 0 Å². The lowest BCUT2D eigenvalue weighted by Gasteiger charge is -2.25. The van der Waals surface area contributed by atoms with Crippen LogP contribution in [-0.2, 0) is 11.2 Å². The minimum atomic E-state index is -0.00301. The fraction of sp³-hybridized carbons (Fsp3) is 0.308. The maximum absolute atomic E-state index is 11.9. The van der Waals surface area contributed by atoms with Crippen molar-refractivity contribution < 1.29 is 4.79 Å². The molecule has 1 atom stereocenters. The summed E-state index contributed by atoms with van der Waals surface area (Å²) in [5, 5.41) is 6.14. The van der Waals surface area contributed by atoms with E-state index in [9.17, 15) is 4.79 Å². The quantitative estimate of drug-likeness (QED) is 0.898. The van der Waals surface area contributed by atoms with Crippen molar-refractivity contribution in [3.05, 3.63) is 40.9 Å². The van der Waals surface area contributed by atoms with Crippen molar-refractivity contribution in [2.75, 3.05) is 18.4 Å². The van der Waals surface area contributed by atoms with Crippen LogP contribution in [0.3, 0.4) is 0 Å². The lowest BCUT2D eigenvalue weighted by Crippen LogP contribution is -2.38. The van der Waals surface area contributed by atoms with Gasteiger partial charge in [-0.25, -0.2) is 0 Å². The monoisotopic (exact) mass is 294 g/mol. The topological polar surface area (TPSA) is 41.1 Å². The lowest BCUT2D eigenvalue weighted by atomic mass is 9.93. The van der Waals surface area contributed by atoms with Gasteiger partial charge in [-0.05, 0) is 18.1 Å². The van der Waals surface area contributed by atoms with Gasteiger partial charge in [-0.3, -0.25) is 4.79 Å². The number of carbonyl (C=O) groups is 1. The van der Waals surface area contributed by atoms with Gasteiger partial charge < -0.3 is 10.6 Å². The maximum Gasteiger partial charge on any atom is 0.225 e. The van der Waals surface area contributed by atoms with Crippen LogP contribution in [0.1, 0.15) is 5.56 Å². The second-order valence-corrected chi connectivity index (χ2v) is 5.30. The van der Waals surface area contributed by atoms with Crippen molar-refractivity contribution in [1.82, 2.24) is 5.32 Å². The smallest absolute Gasteiger partial charge is 0.225 e. The maximum atomic E-state index is 11.9. The summed E-state index contributed by atoms with van der Waals surface area (Å²) in [5.41, 5.74) is 2.35. The third-order valence-electron chi connectivity index (χ3n) is 2.85. The predicted octanol–water partition coefficient (Wildman–Crippen LogP) is 2.30. The first-order chi connectivity index (χ1) is 8.16. The van der Waals surface area contributed by atoms with E-state index >= 15 is 0 Å².